The number of carbonyl (C=O) groups excluding carboxylic acids is 1. The van der Waals surface area contributed by atoms with E-state index in [0.717, 1.165) is 12.1 Å². The van der Waals surface area contributed by atoms with E-state index in [1.807, 2.05) is 0 Å². The smallest absolute Gasteiger partial charge is 0.338 e. The molecule has 0 spiro atoms. The quantitative estimate of drug-likeness (QED) is 0.866. The lowest BCUT2D eigenvalue weighted by Crippen LogP contribution is -2.12. The maximum absolute atomic E-state index is 13.1. The first kappa shape index (κ1) is 12.9. The van der Waals surface area contributed by atoms with Crippen LogP contribution in [0, 0.1) is 17.1 Å². The standard InChI is InChI=1S/C10H6ClFN2O3/c11-6-4-7(12)5(10(16)17)3-8(6)14-9(15)1-2-13/h3-4H,1H2,(H,14,15)(H,16,17). The monoisotopic (exact) mass is 256 g/mol. The number of hydrogen-bond donors (Lipinski definition) is 2. The van der Waals surface area contributed by atoms with Crippen LogP contribution in [0.1, 0.15) is 16.8 Å². The number of halogens is 2. The third kappa shape index (κ3) is 3.16. The van der Waals surface area contributed by atoms with Gasteiger partial charge < -0.3 is 10.4 Å². The summed E-state index contributed by atoms with van der Waals surface area (Å²) in [5, 5.41) is 19.0. The average molecular weight is 257 g/mol. The van der Waals surface area contributed by atoms with Crippen molar-refractivity contribution in [2.75, 3.05) is 5.32 Å². The number of nitriles is 1. The molecule has 0 radical (unpaired) electrons. The lowest BCUT2D eigenvalue weighted by Gasteiger charge is -2.07. The minimum absolute atomic E-state index is 0.0503. The van der Waals surface area contributed by atoms with E-state index in [9.17, 15) is 14.0 Å². The Hall–Kier alpha value is -2.13. The predicted octanol–water partition coefficient (Wildman–Crippen LogP) is 2.03. The SMILES string of the molecule is N#CCC(=O)Nc1cc(C(=O)O)c(F)cc1Cl. The van der Waals surface area contributed by atoms with Crippen LogP contribution in [0.15, 0.2) is 12.1 Å². The van der Waals surface area contributed by atoms with Crippen LogP contribution >= 0.6 is 11.6 Å². The summed E-state index contributed by atoms with van der Waals surface area (Å²) in [5.41, 5.74) is -0.660. The Morgan fingerprint density at radius 3 is 2.71 bits per heavy atom. The van der Waals surface area contributed by atoms with Gasteiger partial charge in [0.2, 0.25) is 5.91 Å². The summed E-state index contributed by atoms with van der Waals surface area (Å²) in [6.45, 7) is 0. The Kier molecular flexibility index (Phi) is 4.01. The number of anilines is 1. The van der Waals surface area contributed by atoms with Gasteiger partial charge in [-0.2, -0.15) is 5.26 Å². The maximum atomic E-state index is 13.1. The van der Waals surface area contributed by atoms with Crippen LogP contribution in [-0.2, 0) is 4.79 Å². The Labute approximate surface area is 100 Å². The van der Waals surface area contributed by atoms with E-state index < -0.39 is 29.7 Å². The summed E-state index contributed by atoms with van der Waals surface area (Å²) in [6, 6.07) is 3.29. The molecule has 7 heteroatoms. The van der Waals surface area contributed by atoms with Gasteiger partial charge in [-0.15, -0.1) is 0 Å². The highest BCUT2D eigenvalue weighted by atomic mass is 35.5. The summed E-state index contributed by atoms with van der Waals surface area (Å²) in [4.78, 5) is 21.7. The van der Waals surface area contributed by atoms with Gasteiger partial charge in [-0.05, 0) is 12.1 Å². The zero-order valence-corrected chi connectivity index (χ0v) is 9.08. The molecule has 2 N–H and O–H groups in total. The molecule has 1 amide bonds. The molecule has 17 heavy (non-hydrogen) atoms. The van der Waals surface area contributed by atoms with E-state index in [-0.39, 0.29) is 10.7 Å². The van der Waals surface area contributed by atoms with Crippen molar-refractivity contribution < 1.29 is 19.1 Å². The van der Waals surface area contributed by atoms with E-state index in [1.54, 1.807) is 6.07 Å². The van der Waals surface area contributed by atoms with Crippen LogP contribution in [-0.4, -0.2) is 17.0 Å². The summed E-state index contributed by atoms with van der Waals surface area (Å²) < 4.78 is 13.1. The molecule has 0 aromatic heterocycles. The lowest BCUT2D eigenvalue weighted by atomic mass is 10.2. The number of nitrogens with one attached hydrogen (secondary N) is 1. The number of carboxylic acid groups (broad SMARTS) is 1. The molecule has 0 bridgehead atoms. The molecule has 1 aromatic carbocycles. The topological polar surface area (TPSA) is 90.2 Å². The molecule has 0 aliphatic rings. The molecule has 0 aliphatic heterocycles. The molecule has 0 heterocycles. The van der Waals surface area contributed by atoms with Gasteiger partial charge in [0.1, 0.15) is 12.2 Å². The highest BCUT2D eigenvalue weighted by molar-refractivity contribution is 6.33. The second-order valence-corrected chi connectivity index (χ2v) is 3.41. The summed E-state index contributed by atoms with van der Waals surface area (Å²) in [5.74, 6) is -3.13. The fraction of sp³-hybridized carbons (Fsp3) is 0.100. The number of rotatable bonds is 3. The molecule has 5 nitrogen and oxygen atoms in total. The van der Waals surface area contributed by atoms with Gasteiger partial charge in [-0.1, -0.05) is 11.6 Å². The zero-order chi connectivity index (χ0) is 13.0. The summed E-state index contributed by atoms with van der Waals surface area (Å²) in [6.07, 6.45) is -0.407. The molecule has 0 aliphatic carbocycles. The third-order valence-electron chi connectivity index (χ3n) is 1.80. The number of benzene rings is 1. The normalized spacial score (nSPS) is 9.47. The van der Waals surface area contributed by atoms with Crippen molar-refractivity contribution >= 4 is 29.2 Å². The molecule has 88 valence electrons. The highest BCUT2D eigenvalue weighted by Crippen LogP contribution is 2.25. The molecule has 0 atom stereocenters. The van der Waals surface area contributed by atoms with Crippen molar-refractivity contribution in [3.63, 3.8) is 0 Å². The van der Waals surface area contributed by atoms with E-state index in [0.29, 0.717) is 0 Å². The van der Waals surface area contributed by atoms with E-state index in [4.69, 9.17) is 22.0 Å². The van der Waals surface area contributed by atoms with Crippen LogP contribution in [0.25, 0.3) is 0 Å². The number of aromatic carboxylic acids is 1. The van der Waals surface area contributed by atoms with Gasteiger partial charge in [0.25, 0.3) is 0 Å². The van der Waals surface area contributed by atoms with Gasteiger partial charge >= 0.3 is 5.97 Å². The van der Waals surface area contributed by atoms with E-state index in [2.05, 4.69) is 5.32 Å². The molecular formula is C10H6ClFN2O3. The zero-order valence-electron chi connectivity index (χ0n) is 8.33. The highest BCUT2D eigenvalue weighted by Gasteiger charge is 2.15. The fourth-order valence-corrected chi connectivity index (χ4v) is 1.27. The van der Waals surface area contributed by atoms with Crippen molar-refractivity contribution in [1.82, 2.24) is 0 Å². The van der Waals surface area contributed by atoms with Crippen molar-refractivity contribution in [3.05, 3.63) is 28.5 Å². The maximum Gasteiger partial charge on any atom is 0.338 e. The van der Waals surface area contributed by atoms with Crippen LogP contribution in [0.2, 0.25) is 5.02 Å². The first-order valence-corrected chi connectivity index (χ1v) is 4.72. The molecule has 0 saturated carbocycles. The van der Waals surface area contributed by atoms with Crippen LogP contribution in [0.4, 0.5) is 10.1 Å². The number of carbonyl (C=O) groups is 2. The van der Waals surface area contributed by atoms with Crippen molar-refractivity contribution in [2.45, 2.75) is 6.42 Å². The first-order valence-electron chi connectivity index (χ1n) is 4.35. The molecule has 0 unspecified atom stereocenters. The minimum atomic E-state index is -1.48. The second kappa shape index (κ2) is 5.27. The fourth-order valence-electron chi connectivity index (χ4n) is 1.07. The molecular weight excluding hydrogens is 251 g/mol. The number of amides is 1. The molecule has 0 saturated heterocycles. The number of nitrogens with zero attached hydrogens (tertiary/aromatic N) is 1. The van der Waals surface area contributed by atoms with E-state index >= 15 is 0 Å². The van der Waals surface area contributed by atoms with Crippen LogP contribution in [0.3, 0.4) is 0 Å². The second-order valence-electron chi connectivity index (χ2n) is 3.00. The van der Waals surface area contributed by atoms with Gasteiger partial charge in [-0.25, -0.2) is 9.18 Å². The Morgan fingerprint density at radius 1 is 1.53 bits per heavy atom. The molecule has 1 aromatic rings. The van der Waals surface area contributed by atoms with Gasteiger partial charge in [0.15, 0.2) is 0 Å². The van der Waals surface area contributed by atoms with Crippen LogP contribution in [0.5, 0.6) is 0 Å². The van der Waals surface area contributed by atoms with Gasteiger partial charge in [0.05, 0.1) is 22.3 Å². The van der Waals surface area contributed by atoms with Crippen molar-refractivity contribution in [2.24, 2.45) is 0 Å². The summed E-state index contributed by atoms with van der Waals surface area (Å²) >= 11 is 5.62. The van der Waals surface area contributed by atoms with Gasteiger partial charge in [-0.3, -0.25) is 4.79 Å². The largest absolute Gasteiger partial charge is 0.478 e. The van der Waals surface area contributed by atoms with Gasteiger partial charge in [0, 0.05) is 0 Å². The van der Waals surface area contributed by atoms with Crippen LogP contribution < -0.4 is 5.32 Å². The lowest BCUT2D eigenvalue weighted by molar-refractivity contribution is -0.115. The molecule has 1 rings (SSSR count). The predicted molar refractivity (Wildman–Crippen MR) is 57.2 cm³/mol. The summed E-state index contributed by atoms with van der Waals surface area (Å²) in [7, 11) is 0. The Morgan fingerprint density at radius 2 is 2.18 bits per heavy atom. The Bertz CT molecular complexity index is 525. The van der Waals surface area contributed by atoms with E-state index in [1.165, 1.54) is 0 Å². The molecule has 0 fully saturated rings. The van der Waals surface area contributed by atoms with Crippen molar-refractivity contribution in [1.29, 1.82) is 5.26 Å². The number of carboxylic acids is 1. The van der Waals surface area contributed by atoms with Crippen molar-refractivity contribution in [3.8, 4) is 6.07 Å². The first-order chi connectivity index (χ1) is 7.95. The Balaban J connectivity index is 3.09. The minimum Gasteiger partial charge on any atom is -0.478 e. The number of hydrogen-bond acceptors (Lipinski definition) is 3. The third-order valence-corrected chi connectivity index (χ3v) is 2.11. The average Bonchev–Trinajstić information content (AvgIpc) is 2.21.